The van der Waals surface area contributed by atoms with Crippen molar-refractivity contribution in [1.82, 2.24) is 0 Å². The van der Waals surface area contributed by atoms with Crippen LogP contribution in [0.4, 0.5) is 18.9 Å². The SMILES string of the molecule is CS(=O)(=O)C1CCCC1Nc1ccc(OC(F)(F)F)cc1. The Bertz CT molecular complexity index is 584. The minimum atomic E-state index is -4.72. The van der Waals surface area contributed by atoms with Crippen molar-refractivity contribution in [2.45, 2.75) is 36.9 Å². The third-order valence-corrected chi connectivity index (χ3v) is 5.11. The average Bonchev–Trinajstić information content (AvgIpc) is 2.77. The van der Waals surface area contributed by atoms with Crippen LogP contribution in [0.5, 0.6) is 5.75 Å². The summed E-state index contributed by atoms with van der Waals surface area (Å²) in [6.45, 7) is 0. The number of hydrogen-bond donors (Lipinski definition) is 1. The lowest BCUT2D eigenvalue weighted by Crippen LogP contribution is -2.34. The van der Waals surface area contributed by atoms with Gasteiger partial charge in [0.1, 0.15) is 5.75 Å². The van der Waals surface area contributed by atoms with Crippen LogP contribution in [0.1, 0.15) is 19.3 Å². The van der Waals surface area contributed by atoms with Crippen LogP contribution in [0.2, 0.25) is 0 Å². The van der Waals surface area contributed by atoms with Crippen LogP contribution in [0.15, 0.2) is 24.3 Å². The molecule has 2 unspecified atom stereocenters. The molecule has 0 saturated heterocycles. The highest BCUT2D eigenvalue weighted by atomic mass is 32.2. The van der Waals surface area contributed by atoms with Gasteiger partial charge in [0.25, 0.3) is 0 Å². The Morgan fingerprint density at radius 2 is 1.81 bits per heavy atom. The second kappa shape index (κ2) is 5.75. The largest absolute Gasteiger partial charge is 0.573 e. The maximum atomic E-state index is 12.0. The van der Waals surface area contributed by atoms with Gasteiger partial charge in [0.2, 0.25) is 0 Å². The molecule has 1 saturated carbocycles. The zero-order chi connectivity index (χ0) is 15.7. The summed E-state index contributed by atoms with van der Waals surface area (Å²) in [7, 11) is -3.14. The summed E-state index contributed by atoms with van der Waals surface area (Å²) in [5, 5.41) is 2.62. The van der Waals surface area contributed by atoms with Crippen LogP contribution in [0.25, 0.3) is 0 Å². The molecule has 1 fully saturated rings. The Labute approximate surface area is 121 Å². The molecule has 0 amide bonds. The molecule has 2 rings (SSSR count). The molecular weight excluding hydrogens is 307 g/mol. The van der Waals surface area contributed by atoms with Crippen molar-refractivity contribution < 1.29 is 26.3 Å². The summed E-state index contributed by atoms with van der Waals surface area (Å²) >= 11 is 0. The van der Waals surface area contributed by atoms with E-state index in [4.69, 9.17) is 0 Å². The van der Waals surface area contributed by atoms with E-state index in [9.17, 15) is 21.6 Å². The first kappa shape index (κ1) is 15.9. The van der Waals surface area contributed by atoms with Crippen molar-refractivity contribution >= 4 is 15.5 Å². The molecule has 8 heteroatoms. The number of halogens is 3. The van der Waals surface area contributed by atoms with Gasteiger partial charge in [-0.2, -0.15) is 0 Å². The zero-order valence-corrected chi connectivity index (χ0v) is 12.2. The number of sulfone groups is 1. The normalized spacial score (nSPS) is 23.0. The molecule has 1 aromatic rings. The first-order chi connectivity index (χ1) is 9.65. The fourth-order valence-corrected chi connectivity index (χ4v) is 3.97. The van der Waals surface area contributed by atoms with Gasteiger partial charge in [-0.05, 0) is 43.5 Å². The van der Waals surface area contributed by atoms with Gasteiger partial charge >= 0.3 is 6.36 Å². The molecule has 2 atom stereocenters. The molecule has 1 N–H and O–H groups in total. The van der Waals surface area contributed by atoms with E-state index in [1.54, 1.807) is 0 Å². The highest BCUT2D eigenvalue weighted by Crippen LogP contribution is 2.29. The van der Waals surface area contributed by atoms with Crippen molar-refractivity contribution in [2.24, 2.45) is 0 Å². The number of alkyl halides is 3. The minimum Gasteiger partial charge on any atom is -0.406 e. The summed E-state index contributed by atoms with van der Waals surface area (Å²) in [4.78, 5) is 0. The molecule has 0 aromatic heterocycles. The summed E-state index contributed by atoms with van der Waals surface area (Å²) in [6.07, 6.45) is -1.38. The van der Waals surface area contributed by atoms with Crippen LogP contribution < -0.4 is 10.1 Å². The van der Waals surface area contributed by atoms with Crippen LogP contribution in [0.3, 0.4) is 0 Å². The van der Waals surface area contributed by atoms with Gasteiger partial charge in [-0.15, -0.1) is 13.2 Å². The van der Waals surface area contributed by atoms with E-state index in [1.165, 1.54) is 30.5 Å². The van der Waals surface area contributed by atoms with Gasteiger partial charge in [-0.1, -0.05) is 0 Å². The van der Waals surface area contributed by atoms with Gasteiger partial charge in [0, 0.05) is 18.0 Å². The van der Waals surface area contributed by atoms with E-state index in [-0.39, 0.29) is 11.8 Å². The van der Waals surface area contributed by atoms with E-state index in [1.807, 2.05) is 0 Å². The van der Waals surface area contributed by atoms with E-state index in [0.29, 0.717) is 12.1 Å². The smallest absolute Gasteiger partial charge is 0.406 e. The summed E-state index contributed by atoms with van der Waals surface area (Å²) < 4.78 is 63.2. The van der Waals surface area contributed by atoms with E-state index >= 15 is 0 Å². The van der Waals surface area contributed by atoms with Crippen LogP contribution in [0, 0.1) is 0 Å². The predicted octanol–water partition coefficient (Wildman–Crippen LogP) is 2.96. The van der Waals surface area contributed by atoms with Gasteiger partial charge in [-0.3, -0.25) is 0 Å². The first-order valence-corrected chi connectivity index (χ1v) is 8.42. The average molecular weight is 323 g/mol. The molecular formula is C13H16F3NO3S. The molecule has 1 aliphatic rings. The summed E-state index contributed by atoms with van der Waals surface area (Å²) in [6, 6.07) is 5.06. The second-order valence-electron chi connectivity index (χ2n) is 5.12. The lowest BCUT2D eigenvalue weighted by atomic mass is 10.2. The monoisotopic (exact) mass is 323 g/mol. The van der Waals surface area contributed by atoms with Gasteiger partial charge < -0.3 is 10.1 Å². The van der Waals surface area contributed by atoms with E-state index in [0.717, 1.165) is 12.8 Å². The van der Waals surface area contributed by atoms with Gasteiger partial charge in [-0.25, -0.2) is 8.42 Å². The maximum absolute atomic E-state index is 12.0. The molecule has 0 radical (unpaired) electrons. The number of anilines is 1. The van der Waals surface area contributed by atoms with Gasteiger partial charge in [0.05, 0.1) is 5.25 Å². The summed E-state index contributed by atoms with van der Waals surface area (Å²) in [5.74, 6) is -0.306. The Morgan fingerprint density at radius 3 is 2.33 bits per heavy atom. The lowest BCUT2D eigenvalue weighted by molar-refractivity contribution is -0.274. The fourth-order valence-electron chi connectivity index (χ4n) is 2.57. The maximum Gasteiger partial charge on any atom is 0.573 e. The van der Waals surface area contributed by atoms with Crippen LogP contribution in [-0.2, 0) is 9.84 Å². The van der Waals surface area contributed by atoms with E-state index in [2.05, 4.69) is 10.1 Å². The molecule has 21 heavy (non-hydrogen) atoms. The number of hydrogen-bond acceptors (Lipinski definition) is 4. The molecule has 0 aliphatic heterocycles. The molecule has 0 bridgehead atoms. The Balaban J connectivity index is 2.03. The van der Waals surface area contributed by atoms with Crippen molar-refractivity contribution in [3.8, 4) is 5.75 Å². The first-order valence-electron chi connectivity index (χ1n) is 6.46. The highest BCUT2D eigenvalue weighted by molar-refractivity contribution is 7.91. The number of rotatable bonds is 4. The fraction of sp³-hybridized carbons (Fsp3) is 0.538. The van der Waals surface area contributed by atoms with Crippen molar-refractivity contribution in [3.63, 3.8) is 0 Å². The van der Waals surface area contributed by atoms with Crippen LogP contribution in [-0.4, -0.2) is 32.3 Å². The number of ether oxygens (including phenoxy) is 1. The third-order valence-electron chi connectivity index (χ3n) is 3.44. The molecule has 4 nitrogen and oxygen atoms in total. The highest BCUT2D eigenvalue weighted by Gasteiger charge is 2.35. The quantitative estimate of drug-likeness (QED) is 0.925. The lowest BCUT2D eigenvalue weighted by Gasteiger charge is -2.21. The molecule has 118 valence electrons. The molecule has 0 heterocycles. The Hall–Kier alpha value is -1.44. The van der Waals surface area contributed by atoms with Crippen molar-refractivity contribution in [1.29, 1.82) is 0 Å². The van der Waals surface area contributed by atoms with Gasteiger partial charge in [0.15, 0.2) is 9.84 Å². The predicted molar refractivity (Wildman–Crippen MR) is 73.0 cm³/mol. The standard InChI is InChI=1S/C13H16F3NO3S/c1-21(18,19)12-4-2-3-11(12)17-9-5-7-10(8-6-9)20-13(14,15)16/h5-8,11-12,17H,2-4H2,1H3. The van der Waals surface area contributed by atoms with Crippen molar-refractivity contribution in [2.75, 3.05) is 11.6 Å². The second-order valence-corrected chi connectivity index (χ2v) is 7.39. The topological polar surface area (TPSA) is 55.4 Å². The minimum absolute atomic E-state index is 0.214. The molecule has 1 aromatic carbocycles. The summed E-state index contributed by atoms with van der Waals surface area (Å²) in [5.41, 5.74) is 0.574. The number of nitrogens with one attached hydrogen (secondary N) is 1. The van der Waals surface area contributed by atoms with Crippen molar-refractivity contribution in [3.05, 3.63) is 24.3 Å². The zero-order valence-electron chi connectivity index (χ0n) is 11.4. The number of benzene rings is 1. The van der Waals surface area contributed by atoms with E-state index < -0.39 is 21.4 Å². The molecule has 0 spiro atoms. The van der Waals surface area contributed by atoms with Crippen LogP contribution >= 0.6 is 0 Å². The molecule has 1 aliphatic carbocycles. The Kier molecular flexibility index (Phi) is 4.36. The third kappa shape index (κ3) is 4.52. The Morgan fingerprint density at radius 1 is 1.19 bits per heavy atom.